The Morgan fingerprint density at radius 3 is 2.71 bits per heavy atom. The van der Waals surface area contributed by atoms with Gasteiger partial charge in [-0.05, 0) is 57.0 Å². The van der Waals surface area contributed by atoms with E-state index >= 15 is 0 Å². The van der Waals surface area contributed by atoms with E-state index in [0.29, 0.717) is 40.1 Å². The number of ketones is 1. The van der Waals surface area contributed by atoms with Crippen LogP contribution in [0.15, 0.2) is 48.1 Å². The van der Waals surface area contributed by atoms with Crippen LogP contribution in [0.4, 0.5) is 0 Å². The first-order chi connectivity index (χ1) is 15.0. The molecule has 6 nitrogen and oxygen atoms in total. The van der Waals surface area contributed by atoms with Gasteiger partial charge in [0.15, 0.2) is 16.8 Å². The van der Waals surface area contributed by atoms with Gasteiger partial charge in [-0.15, -0.1) is 16.8 Å². The lowest BCUT2D eigenvalue weighted by molar-refractivity contribution is 0.102. The van der Waals surface area contributed by atoms with E-state index in [0.717, 1.165) is 17.0 Å². The summed E-state index contributed by atoms with van der Waals surface area (Å²) in [6, 6.07) is 9.74. The van der Waals surface area contributed by atoms with Gasteiger partial charge in [0.1, 0.15) is 12.4 Å². The zero-order valence-electron chi connectivity index (χ0n) is 17.7. The van der Waals surface area contributed by atoms with Crippen molar-refractivity contribution in [1.29, 1.82) is 0 Å². The van der Waals surface area contributed by atoms with Crippen molar-refractivity contribution in [3.05, 3.63) is 70.8 Å². The van der Waals surface area contributed by atoms with Crippen LogP contribution in [0.2, 0.25) is 5.02 Å². The van der Waals surface area contributed by atoms with E-state index in [2.05, 4.69) is 28.3 Å². The smallest absolute Gasteiger partial charge is 0.192 e. The largest absolute Gasteiger partial charge is 0.486 e. The maximum atomic E-state index is 12.9. The molecule has 0 atom stereocenters. The first kappa shape index (κ1) is 21.7. The Hall–Kier alpha value is -2.51. The van der Waals surface area contributed by atoms with Crippen molar-refractivity contribution in [1.82, 2.24) is 19.3 Å². The van der Waals surface area contributed by atoms with Crippen molar-refractivity contribution in [2.75, 3.05) is 5.75 Å². The molecule has 162 valence electrons. The third-order valence-corrected chi connectivity index (χ3v) is 6.53. The molecule has 0 amide bonds. The van der Waals surface area contributed by atoms with Gasteiger partial charge in [-0.1, -0.05) is 29.4 Å². The highest BCUT2D eigenvalue weighted by Gasteiger charge is 2.28. The van der Waals surface area contributed by atoms with Gasteiger partial charge in [0.2, 0.25) is 0 Å². The van der Waals surface area contributed by atoms with E-state index in [1.54, 1.807) is 18.2 Å². The monoisotopic (exact) mass is 456 g/mol. The van der Waals surface area contributed by atoms with Gasteiger partial charge in [-0.3, -0.25) is 9.36 Å². The van der Waals surface area contributed by atoms with Crippen LogP contribution in [-0.4, -0.2) is 30.9 Å². The number of aryl methyl sites for hydroxylation is 1. The molecule has 0 unspecified atom stereocenters. The van der Waals surface area contributed by atoms with Crippen LogP contribution in [0, 0.1) is 13.8 Å². The summed E-state index contributed by atoms with van der Waals surface area (Å²) in [5, 5.41) is 9.88. The molecule has 4 rings (SSSR count). The molecule has 31 heavy (non-hydrogen) atoms. The van der Waals surface area contributed by atoms with Crippen LogP contribution in [0.5, 0.6) is 5.75 Å². The SMILES string of the molecule is C=CCn1c(COc2ccc(Cl)cc2)nnc1SCC(=O)c1cc(C)n(C2CC2)c1C. The van der Waals surface area contributed by atoms with Crippen molar-refractivity contribution < 1.29 is 9.53 Å². The van der Waals surface area contributed by atoms with Gasteiger partial charge in [-0.25, -0.2) is 0 Å². The molecule has 2 heterocycles. The first-order valence-electron chi connectivity index (χ1n) is 10.2. The van der Waals surface area contributed by atoms with Crippen LogP contribution < -0.4 is 4.74 Å². The second kappa shape index (κ2) is 9.32. The minimum Gasteiger partial charge on any atom is -0.486 e. The molecule has 0 spiro atoms. The summed E-state index contributed by atoms with van der Waals surface area (Å²) in [5.41, 5.74) is 3.03. The molecule has 0 saturated heterocycles. The number of rotatable bonds is 10. The van der Waals surface area contributed by atoms with Crippen molar-refractivity contribution in [3.63, 3.8) is 0 Å². The maximum Gasteiger partial charge on any atom is 0.192 e. The Morgan fingerprint density at radius 2 is 2.03 bits per heavy atom. The molecule has 1 aromatic carbocycles. The summed E-state index contributed by atoms with van der Waals surface area (Å²) in [6.45, 7) is 8.74. The predicted molar refractivity (Wildman–Crippen MR) is 123 cm³/mol. The number of ether oxygens (including phenoxy) is 1. The fourth-order valence-corrected chi connectivity index (χ4v) is 4.66. The summed E-state index contributed by atoms with van der Waals surface area (Å²) < 4.78 is 10.0. The Labute approximate surface area is 191 Å². The average molecular weight is 457 g/mol. The number of benzene rings is 1. The van der Waals surface area contributed by atoms with E-state index in [9.17, 15) is 4.79 Å². The Kier molecular flexibility index (Phi) is 6.53. The van der Waals surface area contributed by atoms with E-state index in [1.807, 2.05) is 29.7 Å². The van der Waals surface area contributed by atoms with Gasteiger partial charge in [-0.2, -0.15) is 0 Å². The van der Waals surface area contributed by atoms with Crippen molar-refractivity contribution in [2.24, 2.45) is 0 Å². The van der Waals surface area contributed by atoms with Gasteiger partial charge < -0.3 is 9.30 Å². The summed E-state index contributed by atoms with van der Waals surface area (Å²) in [5.74, 6) is 1.80. The molecule has 8 heteroatoms. The molecular formula is C23H25ClN4O2S. The third kappa shape index (κ3) is 4.88. The molecular weight excluding hydrogens is 432 g/mol. The lowest BCUT2D eigenvalue weighted by atomic mass is 10.2. The Bertz CT molecular complexity index is 1100. The number of halogens is 1. The highest BCUT2D eigenvalue weighted by Crippen LogP contribution is 2.38. The van der Waals surface area contributed by atoms with Gasteiger partial charge >= 0.3 is 0 Å². The van der Waals surface area contributed by atoms with Gasteiger partial charge in [0, 0.05) is 34.6 Å². The number of nitrogens with zero attached hydrogens (tertiary/aromatic N) is 4. The Balaban J connectivity index is 1.43. The number of Topliss-reactive ketones (excluding diaryl/α,β-unsaturated/α-hetero) is 1. The van der Waals surface area contributed by atoms with Gasteiger partial charge in [0.25, 0.3) is 0 Å². The lowest BCUT2D eigenvalue weighted by Gasteiger charge is -2.09. The summed E-state index contributed by atoms with van der Waals surface area (Å²) in [6.07, 6.45) is 4.18. The molecule has 0 aliphatic heterocycles. The van der Waals surface area contributed by atoms with E-state index in [1.165, 1.54) is 24.6 Å². The number of carbonyl (C=O) groups is 1. The summed E-state index contributed by atoms with van der Waals surface area (Å²) in [7, 11) is 0. The Morgan fingerprint density at radius 1 is 1.29 bits per heavy atom. The standard InChI is InChI=1S/C23H25ClN4O2S/c1-4-11-27-22(13-30-19-9-5-17(24)6-10-19)25-26-23(27)31-14-21(29)20-12-15(2)28(16(20)3)18-7-8-18/h4-6,9-10,12,18H,1,7-8,11,13-14H2,2-3H3. The molecule has 0 radical (unpaired) electrons. The van der Waals surface area contributed by atoms with Gasteiger partial charge in [0.05, 0.1) is 5.75 Å². The average Bonchev–Trinajstić information content (AvgIpc) is 3.44. The molecule has 0 bridgehead atoms. The molecule has 1 aliphatic rings. The highest BCUT2D eigenvalue weighted by atomic mass is 35.5. The molecule has 2 aromatic heterocycles. The zero-order chi connectivity index (χ0) is 22.0. The molecule has 0 N–H and O–H groups in total. The van der Waals surface area contributed by atoms with Crippen LogP contribution in [0.25, 0.3) is 0 Å². The maximum absolute atomic E-state index is 12.9. The normalized spacial score (nSPS) is 13.4. The number of carbonyl (C=O) groups excluding carboxylic acids is 1. The topological polar surface area (TPSA) is 61.9 Å². The predicted octanol–water partition coefficient (Wildman–Crippen LogP) is 5.42. The third-order valence-electron chi connectivity index (χ3n) is 5.32. The lowest BCUT2D eigenvalue weighted by Crippen LogP contribution is -2.09. The van der Waals surface area contributed by atoms with Crippen molar-refractivity contribution in [2.45, 2.75) is 51.0 Å². The fraction of sp³-hybridized carbons (Fsp3) is 0.348. The van der Waals surface area contributed by atoms with Crippen LogP contribution in [-0.2, 0) is 13.2 Å². The van der Waals surface area contributed by atoms with E-state index in [4.69, 9.17) is 16.3 Å². The van der Waals surface area contributed by atoms with E-state index in [-0.39, 0.29) is 12.4 Å². The minimum absolute atomic E-state index is 0.108. The fourth-order valence-electron chi connectivity index (χ4n) is 3.69. The number of thioether (sulfide) groups is 1. The number of allylic oxidation sites excluding steroid dienone is 1. The second-order valence-electron chi connectivity index (χ2n) is 7.64. The van der Waals surface area contributed by atoms with Crippen molar-refractivity contribution >= 4 is 29.1 Å². The quantitative estimate of drug-likeness (QED) is 0.231. The van der Waals surface area contributed by atoms with E-state index < -0.39 is 0 Å². The van der Waals surface area contributed by atoms with Crippen molar-refractivity contribution in [3.8, 4) is 5.75 Å². The summed E-state index contributed by atoms with van der Waals surface area (Å²) >= 11 is 7.31. The zero-order valence-corrected chi connectivity index (χ0v) is 19.2. The summed E-state index contributed by atoms with van der Waals surface area (Å²) in [4.78, 5) is 12.9. The molecule has 1 aliphatic carbocycles. The van der Waals surface area contributed by atoms with Crippen LogP contribution in [0.1, 0.15) is 46.5 Å². The number of aromatic nitrogens is 4. The number of hydrogen-bond acceptors (Lipinski definition) is 5. The molecule has 1 saturated carbocycles. The number of hydrogen-bond donors (Lipinski definition) is 0. The first-order valence-corrected chi connectivity index (χ1v) is 11.6. The van der Waals surface area contributed by atoms with Crippen LogP contribution in [0.3, 0.4) is 0 Å². The molecule has 1 fully saturated rings. The minimum atomic E-state index is 0.108. The highest BCUT2D eigenvalue weighted by molar-refractivity contribution is 7.99. The van der Waals surface area contributed by atoms with Crippen LogP contribution >= 0.6 is 23.4 Å². The second-order valence-corrected chi connectivity index (χ2v) is 9.02. The molecule has 3 aromatic rings.